The van der Waals surface area contributed by atoms with Crippen LogP contribution < -0.4 is 10.1 Å². The number of allylic oxidation sites excluding steroid dienone is 5. The fourth-order valence-corrected chi connectivity index (χ4v) is 11.2. The predicted molar refractivity (Wildman–Crippen MR) is 175 cm³/mol. The topological polar surface area (TPSA) is 43.6 Å². The lowest BCUT2D eigenvalue weighted by atomic mass is 9.93. The molecule has 42 heavy (non-hydrogen) atoms. The van der Waals surface area contributed by atoms with Gasteiger partial charge in [-0.25, -0.2) is 4.79 Å². The van der Waals surface area contributed by atoms with Gasteiger partial charge in [-0.05, 0) is 69.9 Å². The number of fused-ring (bicyclic) bond motifs is 4. The number of nitrogens with zero attached hydrogens (tertiary/aromatic N) is 2. The highest BCUT2D eigenvalue weighted by molar-refractivity contribution is 7.15. The summed E-state index contributed by atoms with van der Waals surface area (Å²) in [7, 11) is -2.16. The van der Waals surface area contributed by atoms with Crippen molar-refractivity contribution in [2.45, 2.75) is 25.9 Å². The minimum atomic E-state index is -2.16. The first kappa shape index (κ1) is 25.4. The summed E-state index contributed by atoms with van der Waals surface area (Å²) in [6.45, 7) is 6.92. The standard InChI is InChI=1S/C36H30N2O2SSi/c1-42(2)33-21-25(37-19-17-23-7-3-5-9-29(23)37)11-13-27(33)35(31-15-16-32(41-31)36(39)40)28-14-12-26(22-34(28)42)38-20-18-24-8-4-6-10-30(24)38/h3-16,21-22H,17-20H2,1-2H3/p+1. The zero-order valence-electron chi connectivity index (χ0n) is 23.7. The van der Waals surface area contributed by atoms with Gasteiger partial charge in [0.1, 0.15) is 13.0 Å². The molecule has 206 valence electrons. The molecule has 8 rings (SSSR count). The summed E-state index contributed by atoms with van der Waals surface area (Å²) >= 11 is 1.37. The summed E-state index contributed by atoms with van der Waals surface area (Å²) in [5.74, 6) is -0.871. The average Bonchev–Trinajstić information content (AvgIpc) is 3.76. The third-order valence-corrected chi connectivity index (χ3v) is 14.0. The van der Waals surface area contributed by atoms with Crippen molar-refractivity contribution in [2.75, 3.05) is 18.0 Å². The van der Waals surface area contributed by atoms with E-state index in [4.69, 9.17) is 0 Å². The zero-order valence-corrected chi connectivity index (χ0v) is 25.5. The minimum Gasteiger partial charge on any atom is -0.477 e. The van der Waals surface area contributed by atoms with Crippen molar-refractivity contribution in [1.82, 2.24) is 0 Å². The van der Waals surface area contributed by atoms with Gasteiger partial charge in [-0.1, -0.05) is 55.6 Å². The van der Waals surface area contributed by atoms with Crippen LogP contribution in [-0.4, -0.2) is 42.5 Å². The van der Waals surface area contributed by atoms with E-state index in [1.807, 2.05) is 6.07 Å². The Balaban J connectivity index is 1.34. The van der Waals surface area contributed by atoms with E-state index in [2.05, 4.69) is 108 Å². The van der Waals surface area contributed by atoms with Gasteiger partial charge in [0.25, 0.3) is 0 Å². The first-order valence-corrected chi connectivity index (χ1v) is 18.4. The summed E-state index contributed by atoms with van der Waals surface area (Å²) in [6.07, 6.45) is 9.11. The first-order valence-electron chi connectivity index (χ1n) is 14.6. The molecule has 0 radical (unpaired) electrons. The molecule has 4 heterocycles. The van der Waals surface area contributed by atoms with Gasteiger partial charge in [-0.3, -0.25) is 0 Å². The molecular formula is C36H31N2O2SSi+. The number of carboxylic acids is 1. The molecule has 0 fully saturated rings. The summed E-state index contributed by atoms with van der Waals surface area (Å²) in [4.78, 5) is 15.7. The van der Waals surface area contributed by atoms with Crippen molar-refractivity contribution in [3.8, 4) is 0 Å². The van der Waals surface area contributed by atoms with Gasteiger partial charge in [0.05, 0.1) is 0 Å². The number of para-hydroxylation sites is 2. The highest BCUT2D eigenvalue weighted by atomic mass is 32.1. The number of rotatable bonds is 3. The van der Waals surface area contributed by atoms with Crippen LogP contribution in [0.15, 0.2) is 108 Å². The third-order valence-electron chi connectivity index (χ3n) is 9.35. The predicted octanol–water partition coefficient (Wildman–Crippen LogP) is 7.25. The van der Waals surface area contributed by atoms with E-state index in [0.29, 0.717) is 4.88 Å². The number of thiophene rings is 1. The van der Waals surface area contributed by atoms with Crippen molar-refractivity contribution >= 4 is 58.9 Å². The van der Waals surface area contributed by atoms with Crippen molar-refractivity contribution in [1.29, 1.82) is 0 Å². The number of benzene rings is 3. The molecule has 6 heteroatoms. The molecule has 0 amide bonds. The van der Waals surface area contributed by atoms with Crippen LogP contribution in [0.25, 0.3) is 5.57 Å². The van der Waals surface area contributed by atoms with Crippen LogP contribution in [-0.2, 0) is 12.8 Å². The van der Waals surface area contributed by atoms with E-state index in [1.54, 1.807) is 6.07 Å². The summed E-state index contributed by atoms with van der Waals surface area (Å²) in [5.41, 5.74) is 11.5. The lowest BCUT2D eigenvalue weighted by Crippen LogP contribution is -2.49. The molecule has 1 aromatic heterocycles. The molecule has 4 aromatic rings. The van der Waals surface area contributed by atoms with Crippen LogP contribution in [0.4, 0.5) is 17.1 Å². The van der Waals surface area contributed by atoms with Crippen LogP contribution in [0.5, 0.6) is 0 Å². The molecule has 4 aliphatic rings. The van der Waals surface area contributed by atoms with Gasteiger partial charge in [0.15, 0.2) is 6.54 Å². The van der Waals surface area contributed by atoms with Crippen LogP contribution in [0.2, 0.25) is 13.1 Å². The molecule has 3 aliphatic heterocycles. The molecule has 1 N–H and O–H groups in total. The third kappa shape index (κ3) is 3.79. The molecule has 4 nitrogen and oxygen atoms in total. The van der Waals surface area contributed by atoms with Gasteiger partial charge < -0.3 is 10.0 Å². The van der Waals surface area contributed by atoms with Crippen molar-refractivity contribution in [3.63, 3.8) is 0 Å². The van der Waals surface area contributed by atoms with E-state index in [1.165, 1.54) is 66.8 Å². The Morgan fingerprint density at radius 2 is 1.74 bits per heavy atom. The van der Waals surface area contributed by atoms with Gasteiger partial charge in [0, 0.05) is 58.6 Å². The molecule has 0 spiro atoms. The van der Waals surface area contributed by atoms with E-state index in [9.17, 15) is 9.90 Å². The molecule has 3 aromatic carbocycles. The highest BCUT2D eigenvalue weighted by Crippen LogP contribution is 2.45. The van der Waals surface area contributed by atoms with E-state index in [-0.39, 0.29) is 0 Å². The highest BCUT2D eigenvalue weighted by Gasteiger charge is 2.41. The summed E-state index contributed by atoms with van der Waals surface area (Å²) in [5, 5.41) is 12.6. The van der Waals surface area contributed by atoms with Gasteiger partial charge in [0.2, 0.25) is 11.4 Å². The van der Waals surface area contributed by atoms with E-state index >= 15 is 0 Å². The van der Waals surface area contributed by atoms with E-state index < -0.39 is 14.0 Å². The van der Waals surface area contributed by atoms with Crippen LogP contribution in [0, 0.1) is 0 Å². The lowest BCUT2D eigenvalue weighted by Gasteiger charge is -2.38. The second-order valence-electron chi connectivity index (χ2n) is 12.0. The SMILES string of the molecule is C[Si]1(C)C2=C/C(=[N+]3\CCc4ccccc43)C=CC2=C(c2ccc(C(=O)O)s2)c2ccc(N3CCc4ccccc43)cc21. The van der Waals surface area contributed by atoms with Crippen molar-refractivity contribution in [2.24, 2.45) is 0 Å². The molecular weight excluding hydrogens is 553 g/mol. The van der Waals surface area contributed by atoms with E-state index in [0.717, 1.165) is 36.4 Å². The van der Waals surface area contributed by atoms with Crippen molar-refractivity contribution in [3.05, 3.63) is 134 Å². The molecule has 0 saturated carbocycles. The number of hydrogen-bond acceptors (Lipinski definition) is 3. The number of anilines is 2. The van der Waals surface area contributed by atoms with Crippen LogP contribution in [0.3, 0.4) is 0 Å². The molecule has 1 aliphatic carbocycles. The summed E-state index contributed by atoms with van der Waals surface area (Å²) in [6, 6.07) is 28.2. The minimum absolute atomic E-state index is 0.373. The lowest BCUT2D eigenvalue weighted by molar-refractivity contribution is -0.427. The average molecular weight is 584 g/mol. The Bertz CT molecular complexity index is 1960. The van der Waals surface area contributed by atoms with Gasteiger partial charge in [-0.2, -0.15) is 4.58 Å². The normalized spacial score (nSPS) is 19.8. The largest absolute Gasteiger partial charge is 0.477 e. The van der Waals surface area contributed by atoms with Crippen molar-refractivity contribution < 1.29 is 14.5 Å². The Kier molecular flexibility index (Phi) is 5.68. The monoisotopic (exact) mass is 583 g/mol. The molecule has 0 atom stereocenters. The number of aromatic carboxylic acids is 1. The number of carboxylic acid groups (broad SMARTS) is 1. The smallest absolute Gasteiger partial charge is 0.345 e. The molecule has 0 bridgehead atoms. The fraction of sp³-hybridized carbons (Fsp3) is 0.167. The van der Waals surface area contributed by atoms with Gasteiger partial charge in [-0.15, -0.1) is 11.3 Å². The second kappa shape index (κ2) is 9.38. The number of carbonyl (C=O) groups is 1. The summed E-state index contributed by atoms with van der Waals surface area (Å²) < 4.78 is 2.46. The zero-order chi connectivity index (χ0) is 28.6. The number of hydrogen-bond donors (Lipinski definition) is 1. The first-order chi connectivity index (χ1) is 20.4. The molecule has 0 unspecified atom stereocenters. The Morgan fingerprint density at radius 3 is 2.57 bits per heavy atom. The fourth-order valence-electron chi connectivity index (χ4n) is 7.23. The van der Waals surface area contributed by atoms with Crippen LogP contribution in [0.1, 0.15) is 31.2 Å². The maximum atomic E-state index is 11.9. The Morgan fingerprint density at radius 1 is 0.929 bits per heavy atom. The van der Waals surface area contributed by atoms with Crippen LogP contribution >= 0.6 is 11.3 Å². The maximum Gasteiger partial charge on any atom is 0.345 e. The molecule has 0 saturated heterocycles. The second-order valence-corrected chi connectivity index (χ2v) is 17.4. The maximum absolute atomic E-state index is 11.9. The Hall–Kier alpha value is -4.26. The van der Waals surface area contributed by atoms with Gasteiger partial charge >= 0.3 is 5.97 Å². The quantitative estimate of drug-likeness (QED) is 0.204. The Labute approximate surface area is 250 Å².